The van der Waals surface area contributed by atoms with E-state index in [2.05, 4.69) is 5.32 Å². The van der Waals surface area contributed by atoms with Gasteiger partial charge in [-0.05, 0) is 43.7 Å². The van der Waals surface area contributed by atoms with Gasteiger partial charge in [-0.1, -0.05) is 0 Å². The molecule has 0 bridgehead atoms. The zero-order chi connectivity index (χ0) is 14.0. The van der Waals surface area contributed by atoms with Gasteiger partial charge in [0.25, 0.3) is 0 Å². The number of nitrogens with one attached hydrogen (secondary N) is 1. The average Bonchev–Trinajstić information content (AvgIpc) is 2.79. The van der Waals surface area contributed by atoms with E-state index in [4.69, 9.17) is 4.42 Å². The molecular formula is C14H14F3NO. The molecular weight excluding hydrogens is 255 g/mol. The molecule has 2 rings (SSSR count). The molecule has 0 spiro atoms. The molecule has 0 aliphatic rings. The van der Waals surface area contributed by atoms with Crippen LogP contribution >= 0.6 is 0 Å². The largest absolute Gasteiger partial charge is 0.465 e. The first-order valence-corrected chi connectivity index (χ1v) is 5.90. The molecule has 19 heavy (non-hydrogen) atoms. The van der Waals surface area contributed by atoms with Crippen LogP contribution in [0.3, 0.4) is 0 Å². The van der Waals surface area contributed by atoms with E-state index in [1.165, 1.54) is 0 Å². The van der Waals surface area contributed by atoms with Gasteiger partial charge in [-0.15, -0.1) is 0 Å². The zero-order valence-electron chi connectivity index (χ0n) is 10.6. The van der Waals surface area contributed by atoms with Crippen molar-refractivity contribution in [3.63, 3.8) is 0 Å². The lowest BCUT2D eigenvalue weighted by Crippen LogP contribution is -2.18. The molecule has 1 N–H and O–H groups in total. The maximum absolute atomic E-state index is 13.0. The minimum absolute atomic E-state index is 0.107. The summed E-state index contributed by atoms with van der Waals surface area (Å²) in [4.78, 5) is 0. The van der Waals surface area contributed by atoms with Crippen molar-refractivity contribution in [2.45, 2.75) is 26.4 Å². The van der Waals surface area contributed by atoms with Crippen LogP contribution in [0.5, 0.6) is 0 Å². The van der Waals surface area contributed by atoms with Crippen LogP contribution in [0.15, 0.2) is 28.7 Å². The molecule has 1 aromatic carbocycles. The molecule has 5 heteroatoms. The Hall–Kier alpha value is -1.75. The maximum atomic E-state index is 13.0. The molecule has 2 aromatic rings. The third-order valence-electron chi connectivity index (χ3n) is 2.84. The molecule has 2 nitrogen and oxygen atoms in total. The summed E-state index contributed by atoms with van der Waals surface area (Å²) in [6.45, 7) is 3.92. The second-order valence-electron chi connectivity index (χ2n) is 4.42. The maximum Gasteiger partial charge on any atom is 0.194 e. The normalized spacial score (nSPS) is 12.7. The highest BCUT2D eigenvalue weighted by Crippen LogP contribution is 2.17. The number of hydrogen-bond donors (Lipinski definition) is 1. The second-order valence-corrected chi connectivity index (χ2v) is 4.42. The lowest BCUT2D eigenvalue weighted by atomic mass is 10.2. The second kappa shape index (κ2) is 5.48. The molecule has 0 aliphatic carbocycles. The molecule has 0 saturated heterocycles. The summed E-state index contributed by atoms with van der Waals surface area (Å²) >= 11 is 0. The lowest BCUT2D eigenvalue weighted by Gasteiger charge is -2.11. The Labute approximate surface area is 109 Å². The highest BCUT2D eigenvalue weighted by Gasteiger charge is 2.12. The molecule has 0 fully saturated rings. The van der Waals surface area contributed by atoms with Crippen LogP contribution in [0.4, 0.5) is 13.2 Å². The van der Waals surface area contributed by atoms with Crippen molar-refractivity contribution in [3.8, 4) is 0 Å². The van der Waals surface area contributed by atoms with Gasteiger partial charge in [0.2, 0.25) is 0 Å². The molecule has 1 unspecified atom stereocenters. The Kier molecular flexibility index (Phi) is 3.95. The first kappa shape index (κ1) is 13.7. The Morgan fingerprint density at radius 1 is 1.16 bits per heavy atom. The first-order chi connectivity index (χ1) is 8.97. The van der Waals surface area contributed by atoms with Crippen LogP contribution in [0.25, 0.3) is 0 Å². The number of hydrogen-bond acceptors (Lipinski definition) is 2. The van der Waals surface area contributed by atoms with Crippen LogP contribution in [-0.2, 0) is 6.54 Å². The van der Waals surface area contributed by atoms with Crippen molar-refractivity contribution in [1.82, 2.24) is 5.32 Å². The summed E-state index contributed by atoms with van der Waals surface area (Å²) in [7, 11) is 0. The van der Waals surface area contributed by atoms with Gasteiger partial charge in [0.05, 0.1) is 6.04 Å². The fourth-order valence-electron chi connectivity index (χ4n) is 1.77. The summed E-state index contributed by atoms with van der Waals surface area (Å²) in [5, 5.41) is 3.05. The smallest absolute Gasteiger partial charge is 0.194 e. The van der Waals surface area contributed by atoms with Gasteiger partial charge >= 0.3 is 0 Å². The van der Waals surface area contributed by atoms with Gasteiger partial charge < -0.3 is 9.73 Å². The molecule has 0 aliphatic heterocycles. The van der Waals surface area contributed by atoms with Crippen LogP contribution in [0.2, 0.25) is 0 Å². The molecule has 1 heterocycles. The molecule has 0 radical (unpaired) electrons. The van der Waals surface area contributed by atoms with E-state index in [9.17, 15) is 13.2 Å². The Bertz CT molecular complexity index is 557. The zero-order valence-corrected chi connectivity index (χ0v) is 10.6. The predicted octanol–water partition coefficient (Wildman–Crippen LogP) is 3.86. The molecule has 0 saturated carbocycles. The molecule has 0 amide bonds. The minimum atomic E-state index is -1.45. The van der Waals surface area contributed by atoms with E-state index in [1.807, 2.05) is 26.0 Å². The van der Waals surface area contributed by atoms with Gasteiger partial charge in [0.1, 0.15) is 11.5 Å². The average molecular weight is 269 g/mol. The van der Waals surface area contributed by atoms with E-state index in [0.29, 0.717) is 5.56 Å². The summed E-state index contributed by atoms with van der Waals surface area (Å²) in [5.41, 5.74) is 0.339. The van der Waals surface area contributed by atoms with Gasteiger partial charge in [0.15, 0.2) is 17.5 Å². The van der Waals surface area contributed by atoms with Gasteiger partial charge in [-0.2, -0.15) is 0 Å². The fourth-order valence-corrected chi connectivity index (χ4v) is 1.77. The van der Waals surface area contributed by atoms with Crippen LogP contribution in [0.1, 0.15) is 30.0 Å². The van der Waals surface area contributed by atoms with Crippen LogP contribution < -0.4 is 5.32 Å². The van der Waals surface area contributed by atoms with Crippen LogP contribution in [0, 0.1) is 24.4 Å². The fraction of sp³-hybridized carbons (Fsp3) is 0.286. The topological polar surface area (TPSA) is 25.2 Å². The van der Waals surface area contributed by atoms with E-state index < -0.39 is 17.5 Å². The predicted molar refractivity (Wildman–Crippen MR) is 65.0 cm³/mol. The number of furan rings is 1. The molecule has 102 valence electrons. The number of aryl methyl sites for hydroxylation is 1. The number of rotatable bonds is 4. The van der Waals surface area contributed by atoms with Crippen molar-refractivity contribution in [2.75, 3.05) is 0 Å². The SMILES string of the molecule is Cc1ccc(C(C)NCc2cc(F)c(F)c(F)c2)o1. The minimum Gasteiger partial charge on any atom is -0.465 e. The van der Waals surface area contributed by atoms with Crippen molar-refractivity contribution in [2.24, 2.45) is 0 Å². The Balaban J connectivity index is 2.03. The summed E-state index contributed by atoms with van der Waals surface area (Å²) < 4.78 is 44.3. The van der Waals surface area contributed by atoms with Gasteiger partial charge in [-0.25, -0.2) is 13.2 Å². The van der Waals surface area contributed by atoms with Crippen molar-refractivity contribution in [3.05, 3.63) is 58.8 Å². The summed E-state index contributed by atoms with van der Waals surface area (Å²) in [5.74, 6) is -2.28. The Morgan fingerprint density at radius 2 is 1.79 bits per heavy atom. The lowest BCUT2D eigenvalue weighted by molar-refractivity contribution is 0.413. The first-order valence-electron chi connectivity index (χ1n) is 5.90. The van der Waals surface area contributed by atoms with Gasteiger partial charge in [0, 0.05) is 6.54 Å². The van der Waals surface area contributed by atoms with E-state index in [-0.39, 0.29) is 12.6 Å². The van der Waals surface area contributed by atoms with Crippen LogP contribution in [-0.4, -0.2) is 0 Å². The van der Waals surface area contributed by atoms with E-state index in [1.54, 1.807) is 0 Å². The number of benzene rings is 1. The van der Waals surface area contributed by atoms with E-state index in [0.717, 1.165) is 23.7 Å². The molecule has 1 aromatic heterocycles. The summed E-state index contributed by atoms with van der Waals surface area (Å²) in [6, 6.07) is 5.52. The quantitative estimate of drug-likeness (QED) is 0.853. The highest BCUT2D eigenvalue weighted by atomic mass is 19.2. The van der Waals surface area contributed by atoms with Crippen molar-refractivity contribution < 1.29 is 17.6 Å². The van der Waals surface area contributed by atoms with Crippen molar-refractivity contribution in [1.29, 1.82) is 0 Å². The Morgan fingerprint density at radius 3 is 2.32 bits per heavy atom. The third kappa shape index (κ3) is 3.17. The monoisotopic (exact) mass is 269 g/mol. The molecule has 1 atom stereocenters. The third-order valence-corrected chi connectivity index (χ3v) is 2.84. The highest BCUT2D eigenvalue weighted by molar-refractivity contribution is 5.19. The summed E-state index contributed by atoms with van der Waals surface area (Å²) in [6.07, 6.45) is 0. The number of halogens is 3. The van der Waals surface area contributed by atoms with Gasteiger partial charge in [-0.3, -0.25) is 0 Å². The van der Waals surface area contributed by atoms with E-state index >= 15 is 0 Å². The van der Waals surface area contributed by atoms with Crippen molar-refractivity contribution >= 4 is 0 Å². The standard InChI is InChI=1S/C14H14F3NO/c1-8-3-4-13(19-8)9(2)18-7-10-5-11(15)14(17)12(16)6-10/h3-6,9,18H,7H2,1-2H3.